The number of H-pyrrole nitrogens is 1. The Morgan fingerprint density at radius 1 is 1.43 bits per heavy atom. The maximum atomic E-state index is 12.2. The normalized spacial score (nSPS) is 14.0. The molecule has 3 rings (SSSR count). The van der Waals surface area contributed by atoms with Crippen LogP contribution in [-0.4, -0.2) is 35.2 Å². The minimum atomic E-state index is -0.344. The number of benzene rings is 1. The summed E-state index contributed by atoms with van der Waals surface area (Å²) < 4.78 is 0. The summed E-state index contributed by atoms with van der Waals surface area (Å²) in [4.78, 5) is 18.4. The first-order valence-corrected chi connectivity index (χ1v) is 7.13. The molecule has 7 heteroatoms. The number of nitrogens with one attached hydrogen (secondary N) is 2. The molecular weight excluding hydrogens is 290 g/mol. The molecule has 1 fully saturated rings. The topological polar surface area (TPSA) is 73.9 Å². The molecule has 1 aliphatic carbocycles. The van der Waals surface area contributed by atoms with Gasteiger partial charge in [0.15, 0.2) is 0 Å². The van der Waals surface area contributed by atoms with Gasteiger partial charge in [-0.3, -0.25) is 9.89 Å². The number of rotatable bonds is 4. The highest BCUT2D eigenvalue weighted by Crippen LogP contribution is 2.37. The minimum Gasteiger partial charge on any atom is -0.376 e. The SMILES string of the molecule is CN(C)c1ccc(Cl)cc1NC(=O)c1n[nH]c(C2CC2)n1. The standard InChI is InChI=1S/C14H16ClN5O/c1-20(2)11-6-5-9(15)7-10(11)16-14(21)13-17-12(18-19-13)8-3-4-8/h5-8H,3-4H2,1-2H3,(H,16,21)(H,17,18,19). The lowest BCUT2D eigenvalue weighted by molar-refractivity contribution is 0.101. The lowest BCUT2D eigenvalue weighted by atomic mass is 10.2. The molecule has 6 nitrogen and oxygen atoms in total. The molecule has 0 atom stereocenters. The number of halogens is 1. The summed E-state index contributed by atoms with van der Waals surface area (Å²) in [5.74, 6) is 1.03. The second-order valence-corrected chi connectivity index (χ2v) is 5.76. The third-order valence-corrected chi connectivity index (χ3v) is 3.59. The van der Waals surface area contributed by atoms with E-state index in [4.69, 9.17) is 11.6 Å². The van der Waals surface area contributed by atoms with Crippen molar-refractivity contribution in [2.45, 2.75) is 18.8 Å². The first kappa shape index (κ1) is 13.9. The summed E-state index contributed by atoms with van der Waals surface area (Å²) in [6.07, 6.45) is 2.21. The van der Waals surface area contributed by atoms with E-state index in [0.717, 1.165) is 24.4 Å². The molecule has 0 saturated heterocycles. The zero-order valence-corrected chi connectivity index (χ0v) is 12.6. The van der Waals surface area contributed by atoms with Gasteiger partial charge in [0.05, 0.1) is 11.4 Å². The predicted molar refractivity (Wildman–Crippen MR) is 82.1 cm³/mol. The van der Waals surface area contributed by atoms with Crippen LogP contribution in [-0.2, 0) is 0 Å². The zero-order chi connectivity index (χ0) is 15.0. The van der Waals surface area contributed by atoms with Crippen LogP contribution in [0, 0.1) is 0 Å². The van der Waals surface area contributed by atoms with Gasteiger partial charge in [0.2, 0.25) is 5.82 Å². The van der Waals surface area contributed by atoms with Crippen molar-refractivity contribution in [2.75, 3.05) is 24.3 Å². The Balaban J connectivity index is 1.81. The second-order valence-electron chi connectivity index (χ2n) is 5.33. The Labute approximate surface area is 127 Å². The number of carbonyl (C=O) groups excluding carboxylic acids is 1. The van der Waals surface area contributed by atoms with Crippen LogP contribution in [0.25, 0.3) is 0 Å². The predicted octanol–water partition coefficient (Wildman–Crippen LogP) is 2.65. The number of anilines is 2. The van der Waals surface area contributed by atoms with Crippen molar-refractivity contribution in [1.82, 2.24) is 15.2 Å². The Morgan fingerprint density at radius 3 is 2.86 bits per heavy atom. The maximum Gasteiger partial charge on any atom is 0.295 e. The van der Waals surface area contributed by atoms with Crippen molar-refractivity contribution >= 4 is 28.9 Å². The van der Waals surface area contributed by atoms with Crippen LogP contribution in [0.5, 0.6) is 0 Å². The zero-order valence-electron chi connectivity index (χ0n) is 11.9. The second kappa shape index (κ2) is 5.37. The fourth-order valence-electron chi connectivity index (χ4n) is 2.09. The van der Waals surface area contributed by atoms with Gasteiger partial charge in [-0.15, -0.1) is 5.10 Å². The quantitative estimate of drug-likeness (QED) is 0.910. The molecule has 2 aromatic rings. The summed E-state index contributed by atoms with van der Waals surface area (Å²) in [5, 5.41) is 10.2. The Hall–Kier alpha value is -2.08. The number of nitrogens with zero attached hydrogens (tertiary/aromatic N) is 3. The molecular formula is C14H16ClN5O. The number of carbonyl (C=O) groups is 1. The molecule has 1 amide bonds. The molecule has 1 saturated carbocycles. The summed E-state index contributed by atoms with van der Waals surface area (Å²) in [6, 6.07) is 5.35. The molecule has 0 bridgehead atoms. The van der Waals surface area contributed by atoms with Gasteiger partial charge >= 0.3 is 0 Å². The number of aromatic nitrogens is 3. The molecule has 1 heterocycles. The van der Waals surface area contributed by atoms with E-state index >= 15 is 0 Å². The van der Waals surface area contributed by atoms with Crippen LogP contribution in [0.4, 0.5) is 11.4 Å². The van der Waals surface area contributed by atoms with Gasteiger partial charge in [-0.2, -0.15) is 0 Å². The smallest absolute Gasteiger partial charge is 0.295 e. The lowest BCUT2D eigenvalue weighted by Gasteiger charge is -2.17. The van der Waals surface area contributed by atoms with Gasteiger partial charge in [-0.25, -0.2) is 4.98 Å². The molecule has 110 valence electrons. The number of aromatic amines is 1. The van der Waals surface area contributed by atoms with Gasteiger partial charge in [0, 0.05) is 25.0 Å². The van der Waals surface area contributed by atoms with E-state index in [0.29, 0.717) is 16.6 Å². The largest absolute Gasteiger partial charge is 0.376 e. The van der Waals surface area contributed by atoms with Crippen molar-refractivity contribution in [3.63, 3.8) is 0 Å². The number of hydrogen-bond acceptors (Lipinski definition) is 4. The van der Waals surface area contributed by atoms with Crippen LogP contribution in [0.1, 0.15) is 35.2 Å². The molecule has 1 aromatic carbocycles. The fraction of sp³-hybridized carbons (Fsp3) is 0.357. The average Bonchev–Trinajstić information content (AvgIpc) is 3.16. The summed E-state index contributed by atoms with van der Waals surface area (Å²) in [5.41, 5.74) is 1.50. The van der Waals surface area contributed by atoms with E-state index in [-0.39, 0.29) is 11.7 Å². The van der Waals surface area contributed by atoms with Crippen LogP contribution in [0.2, 0.25) is 5.02 Å². The Morgan fingerprint density at radius 2 is 2.19 bits per heavy atom. The van der Waals surface area contributed by atoms with E-state index in [9.17, 15) is 4.79 Å². The van der Waals surface area contributed by atoms with Gasteiger partial charge in [0.1, 0.15) is 5.82 Å². The monoisotopic (exact) mass is 305 g/mol. The van der Waals surface area contributed by atoms with Crippen LogP contribution in [0.15, 0.2) is 18.2 Å². The van der Waals surface area contributed by atoms with E-state index in [1.807, 2.05) is 25.1 Å². The van der Waals surface area contributed by atoms with Crippen molar-refractivity contribution < 1.29 is 4.79 Å². The van der Waals surface area contributed by atoms with Gasteiger partial charge < -0.3 is 10.2 Å². The minimum absolute atomic E-state index is 0.154. The molecule has 1 aromatic heterocycles. The highest BCUT2D eigenvalue weighted by Gasteiger charge is 2.28. The maximum absolute atomic E-state index is 12.2. The summed E-state index contributed by atoms with van der Waals surface area (Å²) in [6.45, 7) is 0. The van der Waals surface area contributed by atoms with Crippen LogP contribution < -0.4 is 10.2 Å². The third-order valence-electron chi connectivity index (χ3n) is 3.36. The van der Waals surface area contributed by atoms with Crippen molar-refractivity contribution in [3.8, 4) is 0 Å². The van der Waals surface area contributed by atoms with E-state index < -0.39 is 0 Å². The highest BCUT2D eigenvalue weighted by molar-refractivity contribution is 6.31. The van der Waals surface area contributed by atoms with Gasteiger partial charge in [-0.1, -0.05) is 11.6 Å². The Bertz CT molecular complexity index is 678. The summed E-state index contributed by atoms with van der Waals surface area (Å²) >= 11 is 6.00. The van der Waals surface area contributed by atoms with Crippen molar-refractivity contribution in [1.29, 1.82) is 0 Å². The van der Waals surface area contributed by atoms with Crippen LogP contribution >= 0.6 is 11.6 Å². The van der Waals surface area contributed by atoms with Gasteiger partial charge in [0.25, 0.3) is 5.91 Å². The van der Waals surface area contributed by atoms with Gasteiger partial charge in [-0.05, 0) is 31.0 Å². The highest BCUT2D eigenvalue weighted by atomic mass is 35.5. The van der Waals surface area contributed by atoms with Crippen molar-refractivity contribution in [2.24, 2.45) is 0 Å². The average molecular weight is 306 g/mol. The van der Waals surface area contributed by atoms with E-state index in [1.54, 1.807) is 12.1 Å². The van der Waals surface area contributed by atoms with Crippen LogP contribution in [0.3, 0.4) is 0 Å². The molecule has 0 aliphatic heterocycles. The third kappa shape index (κ3) is 3.00. The molecule has 0 unspecified atom stereocenters. The molecule has 1 aliphatic rings. The van der Waals surface area contributed by atoms with E-state index in [1.165, 1.54) is 0 Å². The number of amides is 1. The molecule has 21 heavy (non-hydrogen) atoms. The summed E-state index contributed by atoms with van der Waals surface area (Å²) in [7, 11) is 3.80. The van der Waals surface area contributed by atoms with E-state index in [2.05, 4.69) is 20.5 Å². The molecule has 0 radical (unpaired) electrons. The van der Waals surface area contributed by atoms with Crippen molar-refractivity contribution in [3.05, 3.63) is 34.9 Å². The fourth-order valence-corrected chi connectivity index (χ4v) is 2.26. The first-order valence-electron chi connectivity index (χ1n) is 6.75. The molecule has 2 N–H and O–H groups in total. The first-order chi connectivity index (χ1) is 10.0. The number of hydrogen-bond donors (Lipinski definition) is 2. The Kier molecular flexibility index (Phi) is 3.55. The lowest BCUT2D eigenvalue weighted by Crippen LogP contribution is -2.17. The molecule has 0 spiro atoms.